The molecular weight excluding hydrogens is 438 g/mol. The second kappa shape index (κ2) is 9.63. The van der Waals surface area contributed by atoms with Crippen molar-refractivity contribution < 1.29 is 23.1 Å². The summed E-state index contributed by atoms with van der Waals surface area (Å²) in [6, 6.07) is 14.0. The summed E-state index contributed by atoms with van der Waals surface area (Å²) in [5.41, 5.74) is 1.77. The highest BCUT2D eigenvalue weighted by Crippen LogP contribution is 2.24. The van der Waals surface area contributed by atoms with Gasteiger partial charge in [-0.25, -0.2) is 8.42 Å². The Kier molecular flexibility index (Phi) is 6.93. The van der Waals surface area contributed by atoms with Crippen LogP contribution in [0.3, 0.4) is 0 Å². The fourth-order valence-corrected chi connectivity index (χ4v) is 5.06. The molecule has 0 radical (unpaired) electrons. The number of aryl methyl sites for hydroxylation is 1. The maximum absolute atomic E-state index is 12.7. The highest BCUT2D eigenvalue weighted by atomic mass is 32.2. The molecule has 2 aromatic carbocycles. The first-order valence-electron chi connectivity index (χ1n) is 9.29. The largest absolute Gasteiger partial charge is 0.508 e. The molecule has 0 bridgehead atoms. The molecule has 0 saturated carbocycles. The summed E-state index contributed by atoms with van der Waals surface area (Å²) in [5, 5.41) is 16.0. The van der Waals surface area contributed by atoms with Gasteiger partial charge in [0, 0.05) is 24.3 Å². The van der Waals surface area contributed by atoms with Crippen molar-refractivity contribution in [2.75, 3.05) is 17.8 Å². The van der Waals surface area contributed by atoms with Crippen molar-refractivity contribution >= 4 is 38.9 Å². The number of amides is 2. The van der Waals surface area contributed by atoms with E-state index in [1.165, 1.54) is 35.7 Å². The predicted molar refractivity (Wildman–Crippen MR) is 119 cm³/mol. The van der Waals surface area contributed by atoms with E-state index in [2.05, 4.69) is 15.4 Å². The van der Waals surface area contributed by atoms with Crippen molar-refractivity contribution in [3.05, 3.63) is 76.0 Å². The van der Waals surface area contributed by atoms with Gasteiger partial charge < -0.3 is 15.7 Å². The van der Waals surface area contributed by atoms with Crippen LogP contribution in [0.2, 0.25) is 0 Å². The lowest BCUT2D eigenvalue weighted by molar-refractivity contribution is 0.0928. The molecule has 0 aliphatic rings. The molecule has 0 saturated heterocycles. The van der Waals surface area contributed by atoms with Gasteiger partial charge in [0.1, 0.15) is 15.5 Å². The first kappa shape index (κ1) is 22.3. The van der Waals surface area contributed by atoms with E-state index in [9.17, 15) is 23.1 Å². The maximum Gasteiger partial charge on any atom is 0.263 e. The zero-order valence-electron chi connectivity index (χ0n) is 16.6. The van der Waals surface area contributed by atoms with E-state index in [1.54, 1.807) is 24.3 Å². The minimum Gasteiger partial charge on any atom is -0.508 e. The molecule has 4 N–H and O–H groups in total. The fourth-order valence-electron chi connectivity index (χ4n) is 2.65. The van der Waals surface area contributed by atoms with Crippen LogP contribution in [0.25, 0.3) is 0 Å². The number of anilines is 1. The lowest BCUT2D eigenvalue weighted by atomic mass is 10.2. The van der Waals surface area contributed by atoms with Crippen LogP contribution in [0.15, 0.2) is 64.9 Å². The average molecular weight is 460 g/mol. The first-order chi connectivity index (χ1) is 14.8. The summed E-state index contributed by atoms with van der Waals surface area (Å²) in [6.07, 6.45) is 0. The minimum atomic E-state index is -3.93. The molecule has 0 spiro atoms. The van der Waals surface area contributed by atoms with E-state index in [1.807, 2.05) is 6.92 Å². The summed E-state index contributed by atoms with van der Waals surface area (Å²) < 4.78 is 27.9. The van der Waals surface area contributed by atoms with Crippen molar-refractivity contribution in [3.8, 4) is 5.75 Å². The number of hydrogen-bond donors (Lipinski definition) is 4. The van der Waals surface area contributed by atoms with Gasteiger partial charge >= 0.3 is 0 Å². The summed E-state index contributed by atoms with van der Waals surface area (Å²) in [5.74, 6) is -0.837. The zero-order valence-corrected chi connectivity index (χ0v) is 18.2. The number of phenolic OH excluding ortho intramolecular Hbond substituents is 1. The van der Waals surface area contributed by atoms with Gasteiger partial charge in [0.05, 0.1) is 0 Å². The number of sulfonamides is 1. The number of thiophene rings is 1. The molecule has 8 nitrogen and oxygen atoms in total. The average Bonchev–Trinajstić information content (AvgIpc) is 3.24. The van der Waals surface area contributed by atoms with Crippen molar-refractivity contribution in [1.29, 1.82) is 0 Å². The topological polar surface area (TPSA) is 125 Å². The summed E-state index contributed by atoms with van der Waals surface area (Å²) in [7, 11) is -3.93. The standard InChI is InChI=1S/C21H21N3O5S2/c1-14-2-6-16(7-3-14)24-31(28,29)18-10-13-30-19(18)21(27)23-12-11-22-20(26)15-4-8-17(25)9-5-15/h2-10,13,24-25H,11-12H2,1H3,(H,22,26)(H,23,27). The second-order valence-electron chi connectivity index (χ2n) is 6.64. The Morgan fingerprint density at radius 3 is 2.16 bits per heavy atom. The Morgan fingerprint density at radius 2 is 1.52 bits per heavy atom. The minimum absolute atomic E-state index is 0.0578. The van der Waals surface area contributed by atoms with Gasteiger partial charge in [-0.15, -0.1) is 11.3 Å². The van der Waals surface area contributed by atoms with Crippen LogP contribution >= 0.6 is 11.3 Å². The molecule has 0 unspecified atom stereocenters. The lowest BCUT2D eigenvalue weighted by Gasteiger charge is -2.10. The molecule has 3 aromatic rings. The smallest absolute Gasteiger partial charge is 0.263 e. The van der Waals surface area contributed by atoms with Crippen molar-refractivity contribution in [2.24, 2.45) is 0 Å². The van der Waals surface area contributed by atoms with Crippen LogP contribution in [-0.4, -0.2) is 38.4 Å². The van der Waals surface area contributed by atoms with E-state index in [0.29, 0.717) is 11.3 Å². The van der Waals surface area contributed by atoms with Crippen LogP contribution < -0.4 is 15.4 Å². The molecule has 0 aliphatic carbocycles. The Bertz CT molecular complexity index is 1170. The highest BCUT2D eigenvalue weighted by Gasteiger charge is 2.24. The van der Waals surface area contributed by atoms with Gasteiger partial charge in [0.2, 0.25) is 0 Å². The van der Waals surface area contributed by atoms with Crippen LogP contribution in [0.1, 0.15) is 25.6 Å². The van der Waals surface area contributed by atoms with Gasteiger partial charge in [0.25, 0.3) is 21.8 Å². The first-order valence-corrected chi connectivity index (χ1v) is 11.6. The molecule has 2 amide bonds. The summed E-state index contributed by atoms with van der Waals surface area (Å²) in [6.45, 7) is 2.17. The molecule has 3 rings (SSSR count). The zero-order chi connectivity index (χ0) is 22.4. The molecule has 1 aromatic heterocycles. The van der Waals surface area contributed by atoms with E-state index in [4.69, 9.17) is 0 Å². The third-order valence-electron chi connectivity index (χ3n) is 4.25. The van der Waals surface area contributed by atoms with Gasteiger partial charge in [0.15, 0.2) is 0 Å². The molecule has 31 heavy (non-hydrogen) atoms. The number of carbonyl (C=O) groups is 2. The number of carbonyl (C=O) groups excluding carboxylic acids is 2. The second-order valence-corrected chi connectivity index (χ2v) is 9.21. The van der Waals surface area contributed by atoms with Crippen LogP contribution in [0.4, 0.5) is 5.69 Å². The van der Waals surface area contributed by atoms with Gasteiger partial charge in [-0.3, -0.25) is 14.3 Å². The van der Waals surface area contributed by atoms with Gasteiger partial charge in [-0.05, 0) is 54.8 Å². The number of rotatable bonds is 8. The number of phenols is 1. The number of benzene rings is 2. The van der Waals surface area contributed by atoms with E-state index in [-0.39, 0.29) is 34.5 Å². The maximum atomic E-state index is 12.7. The van der Waals surface area contributed by atoms with Gasteiger partial charge in [-0.1, -0.05) is 17.7 Å². The van der Waals surface area contributed by atoms with Crippen molar-refractivity contribution in [3.63, 3.8) is 0 Å². The van der Waals surface area contributed by atoms with E-state index >= 15 is 0 Å². The van der Waals surface area contributed by atoms with Crippen LogP contribution in [0.5, 0.6) is 5.75 Å². The molecule has 162 valence electrons. The van der Waals surface area contributed by atoms with Crippen molar-refractivity contribution in [1.82, 2.24) is 10.6 Å². The fraction of sp³-hybridized carbons (Fsp3) is 0.143. The quantitative estimate of drug-likeness (QED) is 0.386. The molecule has 0 aliphatic heterocycles. The van der Waals surface area contributed by atoms with Gasteiger partial charge in [-0.2, -0.15) is 0 Å². The highest BCUT2D eigenvalue weighted by molar-refractivity contribution is 7.93. The molecule has 1 heterocycles. The van der Waals surface area contributed by atoms with E-state index in [0.717, 1.165) is 16.9 Å². The van der Waals surface area contributed by atoms with Crippen molar-refractivity contribution in [2.45, 2.75) is 11.8 Å². The Hall–Kier alpha value is -3.37. The SMILES string of the molecule is Cc1ccc(NS(=O)(=O)c2ccsc2C(=O)NCCNC(=O)c2ccc(O)cc2)cc1. The monoisotopic (exact) mass is 459 g/mol. The normalized spacial score (nSPS) is 11.0. The third kappa shape index (κ3) is 5.83. The van der Waals surface area contributed by atoms with E-state index < -0.39 is 15.9 Å². The molecule has 0 atom stereocenters. The Labute approximate surface area is 184 Å². The van der Waals surface area contributed by atoms with Crippen LogP contribution in [-0.2, 0) is 10.0 Å². The lowest BCUT2D eigenvalue weighted by Crippen LogP contribution is -2.35. The number of hydrogen-bond acceptors (Lipinski definition) is 6. The number of aromatic hydroxyl groups is 1. The third-order valence-corrected chi connectivity index (χ3v) is 6.72. The molecule has 10 heteroatoms. The Morgan fingerprint density at radius 1 is 0.903 bits per heavy atom. The number of nitrogens with one attached hydrogen (secondary N) is 3. The Balaban J connectivity index is 1.57. The van der Waals surface area contributed by atoms with Crippen LogP contribution in [0, 0.1) is 6.92 Å². The molecule has 0 fully saturated rings. The summed E-state index contributed by atoms with van der Waals surface area (Å²) >= 11 is 1.02. The summed E-state index contributed by atoms with van der Waals surface area (Å²) in [4.78, 5) is 24.5. The predicted octanol–water partition coefficient (Wildman–Crippen LogP) is 2.72. The molecular formula is C21H21N3O5S2.